The third-order valence-corrected chi connectivity index (χ3v) is 6.25. The molecule has 0 N–H and O–H groups in total. The quantitative estimate of drug-likeness (QED) is 0.496. The van der Waals surface area contributed by atoms with Gasteiger partial charge < -0.3 is 0 Å². The van der Waals surface area contributed by atoms with Gasteiger partial charge >= 0.3 is 0 Å². The van der Waals surface area contributed by atoms with Crippen molar-refractivity contribution in [1.82, 2.24) is 0 Å². The van der Waals surface area contributed by atoms with Gasteiger partial charge in [-0.15, -0.1) is 0 Å². The van der Waals surface area contributed by atoms with Crippen molar-refractivity contribution >= 4 is 0 Å². The standard InChI is InChI=1S/C18H32/c1-2-6-16-11-12-18(14-16)8-4-3-7-17-10-9-15(5-1)13-17/h15-18H,1-14H2. The predicted molar refractivity (Wildman–Crippen MR) is 78.6 cm³/mol. The van der Waals surface area contributed by atoms with Crippen LogP contribution in [0.5, 0.6) is 0 Å². The van der Waals surface area contributed by atoms with Crippen molar-refractivity contribution in [1.29, 1.82) is 0 Å². The minimum absolute atomic E-state index is 1.12. The number of hydrogen-bond donors (Lipinski definition) is 0. The van der Waals surface area contributed by atoms with Crippen molar-refractivity contribution in [2.45, 2.75) is 89.9 Å². The molecule has 3 fully saturated rings. The topological polar surface area (TPSA) is 0 Å². The molecule has 3 aliphatic carbocycles. The van der Waals surface area contributed by atoms with Crippen LogP contribution in [0.2, 0.25) is 0 Å². The van der Waals surface area contributed by atoms with Gasteiger partial charge in [-0.25, -0.2) is 0 Å². The molecule has 0 nitrogen and oxygen atoms in total. The summed E-state index contributed by atoms with van der Waals surface area (Å²) in [5, 5.41) is 0. The number of rotatable bonds is 0. The zero-order chi connectivity index (χ0) is 12.2. The Morgan fingerprint density at radius 3 is 0.889 bits per heavy atom. The Bertz CT molecular complexity index is 194. The summed E-state index contributed by atoms with van der Waals surface area (Å²) < 4.78 is 0. The number of fused-ring (bicyclic) bond motifs is 4. The lowest BCUT2D eigenvalue weighted by Gasteiger charge is -2.15. The van der Waals surface area contributed by atoms with Crippen molar-refractivity contribution in [3.8, 4) is 0 Å². The highest BCUT2D eigenvalue weighted by Gasteiger charge is 2.26. The summed E-state index contributed by atoms with van der Waals surface area (Å²) in [5.41, 5.74) is 0. The van der Waals surface area contributed by atoms with Crippen LogP contribution in [-0.4, -0.2) is 0 Å². The van der Waals surface area contributed by atoms with E-state index in [1.54, 1.807) is 89.9 Å². The van der Waals surface area contributed by atoms with Gasteiger partial charge in [0.1, 0.15) is 0 Å². The summed E-state index contributed by atoms with van der Waals surface area (Å²) in [4.78, 5) is 0. The second kappa shape index (κ2) is 6.44. The summed E-state index contributed by atoms with van der Waals surface area (Å²) in [5.74, 6) is 4.48. The predicted octanol–water partition coefficient (Wildman–Crippen LogP) is 5.95. The SMILES string of the molecule is C1CCC2CCC(CCCCC3CCC(C1)C3)C2. The normalized spacial score (nSPS) is 42.7. The van der Waals surface area contributed by atoms with Crippen molar-refractivity contribution in [2.24, 2.45) is 23.7 Å². The Hall–Kier alpha value is 0. The molecule has 104 valence electrons. The molecule has 0 aromatic heterocycles. The molecule has 3 rings (SSSR count). The second-order valence-corrected chi connectivity index (χ2v) is 7.66. The van der Waals surface area contributed by atoms with Crippen LogP contribution in [0.15, 0.2) is 0 Å². The fraction of sp³-hybridized carbons (Fsp3) is 1.00. The smallest absolute Gasteiger partial charge is 0.0412 e. The zero-order valence-electron chi connectivity index (χ0n) is 12.2. The molecule has 0 spiro atoms. The average Bonchev–Trinajstić information content (AvgIpc) is 2.99. The molecule has 0 heteroatoms. The van der Waals surface area contributed by atoms with E-state index in [4.69, 9.17) is 0 Å². The van der Waals surface area contributed by atoms with Gasteiger partial charge in [0.05, 0.1) is 0 Å². The molecule has 0 aromatic rings. The maximum Gasteiger partial charge on any atom is -0.0412 e. The number of hydrogen-bond acceptors (Lipinski definition) is 0. The minimum Gasteiger partial charge on any atom is -0.0530 e. The molecule has 0 radical (unpaired) electrons. The lowest BCUT2D eigenvalue weighted by atomic mass is 9.91. The van der Waals surface area contributed by atoms with Crippen molar-refractivity contribution in [2.75, 3.05) is 0 Å². The molecule has 0 heterocycles. The molecule has 4 unspecified atom stereocenters. The summed E-state index contributed by atoms with van der Waals surface area (Å²) in [6, 6.07) is 0. The van der Waals surface area contributed by atoms with Crippen molar-refractivity contribution in [3.63, 3.8) is 0 Å². The van der Waals surface area contributed by atoms with E-state index < -0.39 is 0 Å². The Balaban J connectivity index is 1.50. The Kier molecular flexibility index (Phi) is 4.65. The molecule has 4 atom stereocenters. The highest BCUT2D eigenvalue weighted by molar-refractivity contribution is 4.79. The van der Waals surface area contributed by atoms with Crippen LogP contribution in [0.3, 0.4) is 0 Å². The monoisotopic (exact) mass is 248 g/mol. The van der Waals surface area contributed by atoms with Gasteiger partial charge in [-0.3, -0.25) is 0 Å². The van der Waals surface area contributed by atoms with Crippen LogP contribution in [0.4, 0.5) is 0 Å². The molecule has 0 aliphatic heterocycles. The van der Waals surface area contributed by atoms with Gasteiger partial charge in [0.15, 0.2) is 0 Å². The van der Waals surface area contributed by atoms with E-state index in [1.165, 1.54) is 0 Å². The van der Waals surface area contributed by atoms with Crippen molar-refractivity contribution in [3.05, 3.63) is 0 Å². The van der Waals surface area contributed by atoms with E-state index in [0.29, 0.717) is 0 Å². The highest BCUT2D eigenvalue weighted by atomic mass is 14.3. The van der Waals surface area contributed by atoms with E-state index in [0.717, 1.165) is 23.7 Å². The molecule has 18 heavy (non-hydrogen) atoms. The van der Waals surface area contributed by atoms with E-state index in [1.807, 2.05) is 0 Å². The van der Waals surface area contributed by atoms with E-state index >= 15 is 0 Å². The Labute approximate surface area is 114 Å². The summed E-state index contributed by atoms with van der Waals surface area (Å²) in [6.45, 7) is 0. The van der Waals surface area contributed by atoms with Crippen LogP contribution >= 0.6 is 0 Å². The van der Waals surface area contributed by atoms with E-state index in [9.17, 15) is 0 Å². The minimum atomic E-state index is 1.12. The third-order valence-electron chi connectivity index (χ3n) is 6.25. The lowest BCUT2D eigenvalue weighted by molar-refractivity contribution is 0.373. The van der Waals surface area contributed by atoms with Gasteiger partial charge in [0.25, 0.3) is 0 Å². The molecule has 0 amide bonds. The van der Waals surface area contributed by atoms with E-state index in [-0.39, 0.29) is 0 Å². The van der Waals surface area contributed by atoms with Crippen LogP contribution in [0, 0.1) is 23.7 Å². The lowest BCUT2D eigenvalue weighted by Crippen LogP contribution is -2.01. The Morgan fingerprint density at radius 1 is 0.333 bits per heavy atom. The summed E-state index contributed by atoms with van der Waals surface area (Å²) in [6.07, 6.45) is 21.9. The average molecular weight is 248 g/mol. The molecular weight excluding hydrogens is 216 g/mol. The molecule has 3 aliphatic rings. The first-order chi connectivity index (χ1) is 8.90. The van der Waals surface area contributed by atoms with Gasteiger partial charge in [-0.2, -0.15) is 0 Å². The van der Waals surface area contributed by atoms with Crippen LogP contribution in [-0.2, 0) is 0 Å². The first-order valence-corrected chi connectivity index (χ1v) is 8.90. The molecule has 0 aromatic carbocycles. The third kappa shape index (κ3) is 3.52. The first-order valence-electron chi connectivity index (χ1n) is 8.90. The fourth-order valence-corrected chi connectivity index (χ4v) is 5.14. The van der Waals surface area contributed by atoms with Gasteiger partial charge in [0, 0.05) is 0 Å². The van der Waals surface area contributed by atoms with Gasteiger partial charge in [0.2, 0.25) is 0 Å². The maximum atomic E-state index is 1.59. The highest BCUT2D eigenvalue weighted by Crippen LogP contribution is 2.40. The Morgan fingerprint density at radius 2 is 0.611 bits per heavy atom. The fourth-order valence-electron chi connectivity index (χ4n) is 5.14. The van der Waals surface area contributed by atoms with Gasteiger partial charge in [-0.1, -0.05) is 77.0 Å². The maximum absolute atomic E-state index is 1.59. The first kappa shape index (κ1) is 13.0. The van der Waals surface area contributed by atoms with E-state index in [2.05, 4.69) is 0 Å². The van der Waals surface area contributed by atoms with Crippen LogP contribution < -0.4 is 0 Å². The van der Waals surface area contributed by atoms with Gasteiger partial charge in [-0.05, 0) is 36.5 Å². The zero-order valence-corrected chi connectivity index (χ0v) is 12.2. The summed E-state index contributed by atoms with van der Waals surface area (Å²) >= 11 is 0. The molecule has 4 bridgehead atoms. The molecular formula is C18H32. The second-order valence-electron chi connectivity index (χ2n) is 7.66. The molecule has 0 saturated heterocycles. The molecule has 3 saturated carbocycles. The largest absolute Gasteiger partial charge is 0.0530 e. The van der Waals surface area contributed by atoms with Crippen LogP contribution in [0.25, 0.3) is 0 Å². The summed E-state index contributed by atoms with van der Waals surface area (Å²) in [7, 11) is 0. The van der Waals surface area contributed by atoms with Crippen molar-refractivity contribution < 1.29 is 0 Å². The van der Waals surface area contributed by atoms with Crippen LogP contribution in [0.1, 0.15) is 89.9 Å².